The number of hydrogen-bond acceptors (Lipinski definition) is 4. The van der Waals surface area contributed by atoms with Gasteiger partial charge in [-0.3, -0.25) is 4.79 Å². The van der Waals surface area contributed by atoms with Crippen molar-refractivity contribution < 1.29 is 0 Å². The molecule has 0 bridgehead atoms. The molecule has 0 fully saturated rings. The molecule has 4 rings (SSSR count). The van der Waals surface area contributed by atoms with Gasteiger partial charge in [-0.15, -0.1) is 11.8 Å². The highest BCUT2D eigenvalue weighted by Gasteiger charge is 2.16. The maximum Gasteiger partial charge on any atom is 0.263 e. The lowest BCUT2D eigenvalue weighted by atomic mass is 10.1. The van der Waals surface area contributed by atoms with E-state index in [9.17, 15) is 4.79 Å². The fraction of sp³-hybridized carbons (Fsp3) is 0.0625. The number of aromatic amines is 1. The fourth-order valence-electron chi connectivity index (χ4n) is 2.64. The number of aromatic nitrogens is 4. The Morgan fingerprint density at radius 3 is 2.82 bits per heavy atom. The molecular weight excluding hydrogens is 296 g/mol. The molecule has 4 aromatic rings. The molecule has 2 heterocycles. The number of rotatable bonds is 2. The van der Waals surface area contributed by atoms with Gasteiger partial charge in [0.05, 0.1) is 12.0 Å². The van der Waals surface area contributed by atoms with E-state index in [4.69, 9.17) is 0 Å². The third-order valence-electron chi connectivity index (χ3n) is 3.63. The lowest BCUT2D eigenvalue weighted by molar-refractivity contribution is 0.857. The highest BCUT2D eigenvalue weighted by molar-refractivity contribution is 7.98. The average Bonchev–Trinajstić information content (AvgIpc) is 2.94. The molecule has 22 heavy (non-hydrogen) atoms. The first-order valence-electron chi connectivity index (χ1n) is 6.78. The average molecular weight is 308 g/mol. The van der Waals surface area contributed by atoms with Crippen LogP contribution in [0, 0.1) is 0 Å². The van der Waals surface area contributed by atoms with E-state index in [1.807, 2.05) is 36.6 Å². The molecule has 0 amide bonds. The summed E-state index contributed by atoms with van der Waals surface area (Å²) < 4.78 is 1.75. The van der Waals surface area contributed by atoms with Crippen LogP contribution in [0.1, 0.15) is 0 Å². The van der Waals surface area contributed by atoms with Crippen molar-refractivity contribution in [3.05, 3.63) is 59.1 Å². The van der Waals surface area contributed by atoms with Crippen LogP contribution in [-0.2, 0) is 0 Å². The molecular formula is C16H12N4OS. The van der Waals surface area contributed by atoms with E-state index < -0.39 is 0 Å². The molecule has 0 saturated heterocycles. The molecule has 2 aromatic heterocycles. The molecule has 2 aromatic carbocycles. The van der Waals surface area contributed by atoms with E-state index in [1.165, 1.54) is 18.1 Å². The van der Waals surface area contributed by atoms with E-state index in [0.29, 0.717) is 16.1 Å². The Bertz CT molecular complexity index is 1050. The van der Waals surface area contributed by atoms with Crippen molar-refractivity contribution in [1.82, 2.24) is 19.7 Å². The first-order chi connectivity index (χ1) is 10.8. The summed E-state index contributed by atoms with van der Waals surface area (Å²) in [4.78, 5) is 19.0. The fourth-order valence-corrected chi connectivity index (χ4v) is 3.19. The quantitative estimate of drug-likeness (QED) is 0.578. The second-order valence-electron chi connectivity index (χ2n) is 4.85. The van der Waals surface area contributed by atoms with Crippen LogP contribution in [0.25, 0.3) is 27.5 Å². The Kier molecular flexibility index (Phi) is 2.97. The van der Waals surface area contributed by atoms with Gasteiger partial charge < -0.3 is 4.98 Å². The van der Waals surface area contributed by atoms with Gasteiger partial charge in [0.2, 0.25) is 0 Å². The third-order valence-corrected chi connectivity index (χ3v) is 4.30. The lowest BCUT2D eigenvalue weighted by Gasteiger charge is -2.07. The number of benzene rings is 2. The predicted octanol–water partition coefficient (Wildman–Crippen LogP) is 2.98. The number of H-pyrrole nitrogens is 1. The Hall–Kier alpha value is -2.60. The Balaban J connectivity index is 2.14. The van der Waals surface area contributed by atoms with Crippen LogP contribution in [0.4, 0.5) is 0 Å². The van der Waals surface area contributed by atoms with Crippen molar-refractivity contribution in [3.8, 4) is 5.69 Å². The smallest absolute Gasteiger partial charge is 0.263 e. The Labute approximate surface area is 130 Å². The van der Waals surface area contributed by atoms with Gasteiger partial charge in [-0.25, -0.2) is 9.67 Å². The number of thioether (sulfide) groups is 1. The van der Waals surface area contributed by atoms with Crippen molar-refractivity contribution >= 4 is 33.6 Å². The van der Waals surface area contributed by atoms with Gasteiger partial charge in [0, 0.05) is 5.39 Å². The molecule has 0 aliphatic heterocycles. The summed E-state index contributed by atoms with van der Waals surface area (Å²) in [7, 11) is 0. The molecule has 0 saturated carbocycles. The first kappa shape index (κ1) is 13.1. The van der Waals surface area contributed by atoms with E-state index in [1.54, 1.807) is 4.68 Å². The molecule has 0 unspecified atom stereocenters. The minimum atomic E-state index is -0.166. The van der Waals surface area contributed by atoms with Crippen molar-refractivity contribution in [3.63, 3.8) is 0 Å². The molecule has 0 atom stereocenters. The van der Waals surface area contributed by atoms with Crippen LogP contribution in [0.3, 0.4) is 0 Å². The minimum Gasteiger partial charge on any atom is -0.312 e. The van der Waals surface area contributed by atoms with Gasteiger partial charge in [0.15, 0.2) is 5.65 Å². The molecule has 0 spiro atoms. The Morgan fingerprint density at radius 1 is 1.14 bits per heavy atom. The van der Waals surface area contributed by atoms with Gasteiger partial charge in [0.25, 0.3) is 5.56 Å². The number of nitrogens with zero attached hydrogens (tertiary/aromatic N) is 3. The topological polar surface area (TPSA) is 63.6 Å². The standard InChI is InChI=1S/C16H12N4OS/c1-22-16-13-14(17-9-18-15(13)21)20(19-16)12-8-4-6-10-5-2-3-7-11(10)12/h2-9H,1H3,(H,17,18,21). The molecule has 1 N–H and O–H groups in total. The maximum atomic E-state index is 12.1. The van der Waals surface area contributed by atoms with Crippen LogP contribution in [-0.4, -0.2) is 26.0 Å². The van der Waals surface area contributed by atoms with Crippen LogP contribution in [0.5, 0.6) is 0 Å². The summed E-state index contributed by atoms with van der Waals surface area (Å²) in [6, 6.07) is 14.1. The zero-order chi connectivity index (χ0) is 15.1. The summed E-state index contributed by atoms with van der Waals surface area (Å²) >= 11 is 1.44. The van der Waals surface area contributed by atoms with Crippen LogP contribution in [0.15, 0.2) is 58.6 Å². The summed E-state index contributed by atoms with van der Waals surface area (Å²) in [5, 5.41) is 7.99. The minimum absolute atomic E-state index is 0.166. The van der Waals surface area contributed by atoms with Crippen LogP contribution in [0.2, 0.25) is 0 Å². The molecule has 0 aliphatic carbocycles. The van der Waals surface area contributed by atoms with Gasteiger partial charge in [-0.2, -0.15) is 5.10 Å². The number of nitrogens with one attached hydrogen (secondary N) is 1. The van der Waals surface area contributed by atoms with Gasteiger partial charge in [-0.05, 0) is 17.7 Å². The van der Waals surface area contributed by atoms with Crippen LogP contribution < -0.4 is 5.56 Å². The van der Waals surface area contributed by atoms with Gasteiger partial charge in [-0.1, -0.05) is 36.4 Å². The van der Waals surface area contributed by atoms with Crippen molar-refractivity contribution in [1.29, 1.82) is 0 Å². The monoisotopic (exact) mass is 308 g/mol. The SMILES string of the molecule is CSc1nn(-c2cccc3ccccc23)c2nc[nH]c(=O)c12. The van der Waals surface area contributed by atoms with E-state index in [2.05, 4.69) is 27.2 Å². The van der Waals surface area contributed by atoms with Crippen molar-refractivity contribution in [2.45, 2.75) is 5.03 Å². The summed E-state index contributed by atoms with van der Waals surface area (Å²) in [6.45, 7) is 0. The summed E-state index contributed by atoms with van der Waals surface area (Å²) in [5.41, 5.74) is 1.33. The van der Waals surface area contributed by atoms with Crippen molar-refractivity contribution in [2.75, 3.05) is 6.26 Å². The zero-order valence-corrected chi connectivity index (χ0v) is 12.6. The maximum absolute atomic E-state index is 12.1. The molecule has 0 radical (unpaired) electrons. The predicted molar refractivity (Wildman–Crippen MR) is 88.8 cm³/mol. The molecule has 5 nitrogen and oxygen atoms in total. The van der Waals surface area contributed by atoms with Gasteiger partial charge in [0.1, 0.15) is 10.4 Å². The normalized spacial score (nSPS) is 11.3. The van der Waals surface area contributed by atoms with Crippen molar-refractivity contribution in [2.24, 2.45) is 0 Å². The largest absolute Gasteiger partial charge is 0.312 e. The first-order valence-corrected chi connectivity index (χ1v) is 8.00. The molecule has 108 valence electrons. The van der Waals surface area contributed by atoms with E-state index in [0.717, 1.165) is 16.5 Å². The van der Waals surface area contributed by atoms with E-state index in [-0.39, 0.29) is 5.56 Å². The molecule has 6 heteroatoms. The van der Waals surface area contributed by atoms with Crippen LogP contribution >= 0.6 is 11.8 Å². The van der Waals surface area contributed by atoms with E-state index >= 15 is 0 Å². The second-order valence-corrected chi connectivity index (χ2v) is 5.64. The highest BCUT2D eigenvalue weighted by atomic mass is 32.2. The Morgan fingerprint density at radius 2 is 1.95 bits per heavy atom. The second kappa shape index (κ2) is 4.99. The highest BCUT2D eigenvalue weighted by Crippen LogP contribution is 2.27. The number of fused-ring (bicyclic) bond motifs is 2. The zero-order valence-electron chi connectivity index (χ0n) is 11.8. The third kappa shape index (κ3) is 1.84. The lowest BCUT2D eigenvalue weighted by Crippen LogP contribution is -2.07. The summed E-state index contributed by atoms with van der Waals surface area (Å²) in [5.74, 6) is 0. The number of hydrogen-bond donors (Lipinski definition) is 1. The van der Waals surface area contributed by atoms with Gasteiger partial charge >= 0.3 is 0 Å². The molecule has 0 aliphatic rings. The summed E-state index contributed by atoms with van der Waals surface area (Å²) in [6.07, 6.45) is 3.32.